The molecule has 1 aromatic carbocycles. The number of fused-ring (bicyclic) bond motifs is 2. The van der Waals surface area contributed by atoms with Crippen LogP contribution in [-0.4, -0.2) is 45.3 Å². The molecule has 2 unspecified atom stereocenters. The number of benzene rings is 1. The maximum absolute atomic E-state index is 16.7. The molecule has 1 aliphatic heterocycles. The zero-order valence-corrected chi connectivity index (χ0v) is 18.4. The summed E-state index contributed by atoms with van der Waals surface area (Å²) in [4.78, 5) is 25.4. The van der Waals surface area contributed by atoms with E-state index in [1.54, 1.807) is 25.2 Å². The van der Waals surface area contributed by atoms with Gasteiger partial charge in [-0.25, -0.2) is 4.39 Å². The van der Waals surface area contributed by atoms with Crippen molar-refractivity contribution in [3.8, 4) is 11.5 Å². The van der Waals surface area contributed by atoms with Gasteiger partial charge in [-0.3, -0.25) is 14.2 Å². The Morgan fingerprint density at radius 2 is 1.84 bits per heavy atom. The molecule has 31 heavy (non-hydrogen) atoms. The highest BCUT2D eigenvalue weighted by Gasteiger charge is 2.68. The number of ketones is 1. The van der Waals surface area contributed by atoms with Crippen molar-refractivity contribution in [2.24, 2.45) is 5.41 Å². The highest BCUT2D eigenvalue weighted by Crippen LogP contribution is 2.71. The van der Waals surface area contributed by atoms with Crippen molar-refractivity contribution in [1.29, 1.82) is 0 Å². The van der Waals surface area contributed by atoms with Crippen molar-refractivity contribution < 1.29 is 41.8 Å². The second-order valence-corrected chi connectivity index (χ2v) is 10.1. The largest absolute Gasteiger partial charge is 0.468 e. The SMILES string of the molecule is COC(=O)[C@]1(C)C=CC(C2c3cc4c(cc3C(=O)C2(F)P(=O)(OC)OC)OCO4)=CC1. The van der Waals surface area contributed by atoms with Gasteiger partial charge in [-0.2, -0.15) is 0 Å². The number of Topliss-reactive ketones (excluding diaryl/α,β-unsaturated/α-hetero) is 1. The Balaban J connectivity index is 1.88. The zero-order chi connectivity index (χ0) is 22.6. The molecule has 0 fully saturated rings. The molecule has 166 valence electrons. The van der Waals surface area contributed by atoms with Crippen molar-refractivity contribution in [2.75, 3.05) is 28.1 Å². The van der Waals surface area contributed by atoms with E-state index < -0.39 is 36.1 Å². The molecule has 0 N–H and O–H groups in total. The van der Waals surface area contributed by atoms with Crippen LogP contribution in [0.25, 0.3) is 0 Å². The predicted octanol–water partition coefficient (Wildman–Crippen LogP) is 3.91. The number of hydrogen-bond donors (Lipinski definition) is 0. The molecule has 8 nitrogen and oxygen atoms in total. The average molecular weight is 452 g/mol. The lowest BCUT2D eigenvalue weighted by atomic mass is 9.78. The van der Waals surface area contributed by atoms with E-state index in [1.165, 1.54) is 19.2 Å². The molecule has 0 radical (unpaired) electrons. The maximum Gasteiger partial charge on any atom is 0.376 e. The van der Waals surface area contributed by atoms with Crippen LogP contribution < -0.4 is 9.47 Å². The minimum atomic E-state index is -4.54. The number of rotatable bonds is 5. The molecular formula is C21H22FO8P. The molecule has 3 aliphatic rings. The molecule has 0 bridgehead atoms. The van der Waals surface area contributed by atoms with Gasteiger partial charge in [0.15, 0.2) is 11.5 Å². The molecule has 0 aromatic heterocycles. The summed E-state index contributed by atoms with van der Waals surface area (Å²) in [5.74, 6) is -2.12. The number of allylic oxidation sites excluding steroid dienone is 3. The summed E-state index contributed by atoms with van der Waals surface area (Å²) in [6.45, 7) is 1.67. The van der Waals surface area contributed by atoms with Crippen molar-refractivity contribution in [2.45, 2.75) is 24.7 Å². The van der Waals surface area contributed by atoms with Gasteiger partial charge in [-0.1, -0.05) is 18.2 Å². The van der Waals surface area contributed by atoms with Crippen molar-refractivity contribution in [3.63, 3.8) is 0 Å². The molecule has 3 atom stereocenters. The van der Waals surface area contributed by atoms with E-state index in [0.29, 0.717) is 17.1 Å². The zero-order valence-electron chi connectivity index (χ0n) is 17.5. The highest BCUT2D eigenvalue weighted by molar-refractivity contribution is 7.56. The summed E-state index contributed by atoms with van der Waals surface area (Å²) < 4.78 is 55.4. The van der Waals surface area contributed by atoms with Crippen LogP contribution in [0.1, 0.15) is 35.2 Å². The first-order chi connectivity index (χ1) is 14.6. The van der Waals surface area contributed by atoms with E-state index in [9.17, 15) is 14.2 Å². The standard InChI is InChI=1S/C21H22FO8P/c1-20(19(24)26-2)7-5-12(6-8-20)17-13-9-15-16(30-11-29-15)10-14(13)18(23)21(17,22)31(25,27-3)28-4/h5-7,9-10,17H,8,11H2,1-4H3/t17?,20-,21?/m1/s1. The van der Waals surface area contributed by atoms with Gasteiger partial charge in [0.1, 0.15) is 0 Å². The van der Waals surface area contributed by atoms with Gasteiger partial charge in [0.2, 0.25) is 12.6 Å². The number of alkyl halides is 1. The van der Waals surface area contributed by atoms with Gasteiger partial charge < -0.3 is 23.3 Å². The molecule has 0 spiro atoms. The maximum atomic E-state index is 16.7. The highest BCUT2D eigenvalue weighted by atomic mass is 31.2. The van der Waals surface area contributed by atoms with Crippen molar-refractivity contribution >= 4 is 19.3 Å². The first-order valence-electron chi connectivity index (χ1n) is 9.51. The van der Waals surface area contributed by atoms with Crippen LogP contribution in [0, 0.1) is 5.41 Å². The number of methoxy groups -OCH3 is 1. The molecule has 4 rings (SSSR count). The molecular weight excluding hydrogens is 430 g/mol. The second kappa shape index (κ2) is 7.29. The third kappa shape index (κ3) is 2.91. The predicted molar refractivity (Wildman–Crippen MR) is 107 cm³/mol. The summed E-state index contributed by atoms with van der Waals surface area (Å²) >= 11 is 0. The summed E-state index contributed by atoms with van der Waals surface area (Å²) in [7, 11) is -1.19. The number of halogens is 1. The van der Waals surface area contributed by atoms with Crippen LogP contribution in [-0.2, 0) is 23.1 Å². The molecule has 2 aliphatic carbocycles. The first-order valence-corrected chi connectivity index (χ1v) is 11.1. The Kier molecular flexibility index (Phi) is 5.11. The molecule has 0 saturated heterocycles. The Labute approximate surface area is 178 Å². The smallest absolute Gasteiger partial charge is 0.376 e. The van der Waals surface area contributed by atoms with Crippen LogP contribution in [0.15, 0.2) is 35.9 Å². The van der Waals surface area contributed by atoms with Crippen LogP contribution >= 0.6 is 7.60 Å². The number of esters is 1. The first kappa shape index (κ1) is 21.7. The fourth-order valence-electron chi connectivity index (χ4n) is 4.29. The quantitative estimate of drug-likeness (QED) is 0.490. The number of ether oxygens (including phenoxy) is 3. The van der Waals surface area contributed by atoms with Crippen molar-refractivity contribution in [3.05, 3.63) is 47.1 Å². The number of carbonyl (C=O) groups is 2. The lowest BCUT2D eigenvalue weighted by Crippen LogP contribution is -2.37. The molecule has 0 saturated carbocycles. The Morgan fingerprint density at radius 1 is 1.19 bits per heavy atom. The van der Waals surface area contributed by atoms with Gasteiger partial charge in [0.25, 0.3) is 5.41 Å². The third-order valence-corrected chi connectivity index (χ3v) is 8.29. The molecule has 1 aromatic rings. The average Bonchev–Trinajstić information content (AvgIpc) is 3.33. The normalized spacial score (nSPS) is 29.0. The van der Waals surface area contributed by atoms with Crippen LogP contribution in [0.2, 0.25) is 0 Å². The van der Waals surface area contributed by atoms with Gasteiger partial charge in [0.05, 0.1) is 18.4 Å². The Hall–Kier alpha value is -2.48. The van der Waals surface area contributed by atoms with E-state index in [4.69, 9.17) is 23.3 Å². The Morgan fingerprint density at radius 3 is 2.39 bits per heavy atom. The Bertz CT molecular complexity index is 1070. The third-order valence-electron chi connectivity index (χ3n) is 6.07. The van der Waals surface area contributed by atoms with Crippen molar-refractivity contribution in [1.82, 2.24) is 0 Å². The summed E-state index contributed by atoms with van der Waals surface area (Å²) in [5.41, 5.74) is -0.279. The van der Waals surface area contributed by atoms with E-state index >= 15 is 4.39 Å². The summed E-state index contributed by atoms with van der Waals surface area (Å²) in [6, 6.07) is 2.90. The fourth-order valence-corrected chi connectivity index (χ4v) is 5.94. The molecule has 0 amide bonds. The van der Waals surface area contributed by atoms with Gasteiger partial charge in [-0.05, 0) is 36.6 Å². The van der Waals surface area contributed by atoms with Crippen LogP contribution in [0.3, 0.4) is 0 Å². The number of hydrogen-bond acceptors (Lipinski definition) is 8. The lowest BCUT2D eigenvalue weighted by Gasteiger charge is -2.34. The van der Waals surface area contributed by atoms with Gasteiger partial charge in [0, 0.05) is 19.8 Å². The minimum Gasteiger partial charge on any atom is -0.468 e. The van der Waals surface area contributed by atoms with E-state index in [0.717, 1.165) is 14.2 Å². The van der Waals surface area contributed by atoms with E-state index in [-0.39, 0.29) is 24.3 Å². The summed E-state index contributed by atoms with van der Waals surface area (Å²) in [5, 5.41) is -3.01. The number of carbonyl (C=O) groups excluding carboxylic acids is 2. The summed E-state index contributed by atoms with van der Waals surface area (Å²) in [6.07, 6.45) is 4.98. The van der Waals surface area contributed by atoms with Crippen LogP contribution in [0.4, 0.5) is 4.39 Å². The van der Waals surface area contributed by atoms with Gasteiger partial charge >= 0.3 is 13.6 Å². The minimum absolute atomic E-state index is 0.0154. The van der Waals surface area contributed by atoms with Gasteiger partial charge in [-0.15, -0.1) is 0 Å². The van der Waals surface area contributed by atoms with Crippen LogP contribution in [0.5, 0.6) is 11.5 Å². The fraction of sp³-hybridized carbons (Fsp3) is 0.429. The molecule has 10 heteroatoms. The topological polar surface area (TPSA) is 97.4 Å². The van der Waals surface area contributed by atoms with E-state index in [2.05, 4.69) is 0 Å². The second-order valence-electron chi connectivity index (χ2n) is 7.74. The lowest BCUT2D eigenvalue weighted by molar-refractivity contribution is -0.148. The monoisotopic (exact) mass is 452 g/mol. The molecule has 1 heterocycles. The van der Waals surface area contributed by atoms with E-state index in [1.807, 2.05) is 0 Å².